The molecular weight excluding hydrogens is 348 g/mol. The maximum absolute atomic E-state index is 11.6. The first-order valence-corrected chi connectivity index (χ1v) is 9.71. The van der Waals surface area contributed by atoms with Gasteiger partial charge in [0.15, 0.2) is 0 Å². The number of aliphatic hydroxyl groups excluding tert-OH is 1. The zero-order chi connectivity index (χ0) is 18.5. The molecule has 0 aliphatic heterocycles. The van der Waals surface area contributed by atoms with Crippen LogP contribution in [-0.2, 0) is 12.8 Å². The van der Waals surface area contributed by atoms with Crippen LogP contribution in [0.2, 0.25) is 0 Å². The predicted molar refractivity (Wildman–Crippen MR) is 106 cm³/mol. The Bertz CT molecular complexity index is 915. The van der Waals surface area contributed by atoms with E-state index in [0.29, 0.717) is 22.3 Å². The molecule has 138 valence electrons. The average molecular weight is 372 g/mol. The van der Waals surface area contributed by atoms with Crippen LogP contribution >= 0.6 is 11.3 Å². The third-order valence-corrected chi connectivity index (χ3v) is 5.37. The molecule has 6 heteroatoms. The van der Waals surface area contributed by atoms with Gasteiger partial charge in [0.1, 0.15) is 11.3 Å². The van der Waals surface area contributed by atoms with Gasteiger partial charge in [-0.2, -0.15) is 0 Å². The Labute approximate surface area is 156 Å². The molecule has 4 N–H and O–H groups in total. The summed E-state index contributed by atoms with van der Waals surface area (Å²) in [5.74, 6) is 0.0220. The first kappa shape index (κ1) is 18.6. The summed E-state index contributed by atoms with van der Waals surface area (Å²) < 4.78 is 0.607. The summed E-state index contributed by atoms with van der Waals surface area (Å²) in [6, 6.07) is 11.8. The SMILES string of the molecule is CCCc1ccc(CCNC[C@@H](O)c2ccc(O)c3[nH]c(=O)sc23)cc1. The molecule has 5 nitrogen and oxygen atoms in total. The van der Waals surface area contributed by atoms with Crippen molar-refractivity contribution in [3.05, 3.63) is 62.8 Å². The number of hydrogen-bond donors (Lipinski definition) is 4. The Balaban J connectivity index is 1.55. The molecule has 3 rings (SSSR count). The highest BCUT2D eigenvalue weighted by molar-refractivity contribution is 7.16. The van der Waals surface area contributed by atoms with Crippen molar-refractivity contribution in [3.8, 4) is 5.75 Å². The lowest BCUT2D eigenvalue weighted by atomic mass is 10.1. The van der Waals surface area contributed by atoms with E-state index in [2.05, 4.69) is 41.5 Å². The van der Waals surface area contributed by atoms with Crippen molar-refractivity contribution < 1.29 is 10.2 Å². The zero-order valence-electron chi connectivity index (χ0n) is 14.8. The lowest BCUT2D eigenvalue weighted by Gasteiger charge is -2.13. The molecule has 0 unspecified atom stereocenters. The second kappa shape index (κ2) is 8.49. The molecule has 1 atom stereocenters. The number of aliphatic hydroxyl groups is 1. The topological polar surface area (TPSA) is 85.3 Å². The van der Waals surface area contributed by atoms with Crippen LogP contribution in [-0.4, -0.2) is 28.3 Å². The summed E-state index contributed by atoms with van der Waals surface area (Å²) in [6.45, 7) is 3.33. The number of aromatic hydroxyl groups is 1. The van der Waals surface area contributed by atoms with Crippen molar-refractivity contribution in [1.29, 1.82) is 0 Å². The number of nitrogens with one attached hydrogen (secondary N) is 2. The molecule has 2 aromatic carbocycles. The monoisotopic (exact) mass is 372 g/mol. The van der Waals surface area contributed by atoms with Gasteiger partial charge in [-0.05, 0) is 36.6 Å². The third kappa shape index (κ3) is 4.33. The number of aromatic amines is 1. The van der Waals surface area contributed by atoms with Gasteiger partial charge in [-0.25, -0.2) is 0 Å². The van der Waals surface area contributed by atoms with Crippen molar-refractivity contribution in [3.63, 3.8) is 0 Å². The first-order valence-electron chi connectivity index (χ1n) is 8.89. The molecule has 3 aromatic rings. The van der Waals surface area contributed by atoms with Crippen LogP contribution in [0.1, 0.15) is 36.1 Å². The van der Waals surface area contributed by atoms with Crippen LogP contribution < -0.4 is 10.2 Å². The Morgan fingerprint density at radius 3 is 2.50 bits per heavy atom. The Morgan fingerprint density at radius 1 is 1.12 bits per heavy atom. The molecule has 1 heterocycles. The van der Waals surface area contributed by atoms with Crippen molar-refractivity contribution in [2.45, 2.75) is 32.3 Å². The van der Waals surface area contributed by atoms with Gasteiger partial charge in [0.05, 0.1) is 10.8 Å². The standard InChI is InChI=1S/C20H24N2O3S/c1-2-3-13-4-6-14(7-5-13)10-11-21-12-17(24)15-8-9-16(23)18-19(15)26-20(25)22-18/h4-9,17,21,23-24H,2-3,10-12H2,1H3,(H,22,25)/t17-/m1/s1. The van der Waals surface area contributed by atoms with E-state index < -0.39 is 6.10 Å². The van der Waals surface area contributed by atoms with Gasteiger partial charge < -0.3 is 20.5 Å². The number of rotatable bonds is 8. The second-order valence-corrected chi connectivity index (χ2v) is 7.41. The van der Waals surface area contributed by atoms with Crippen LogP contribution in [0.3, 0.4) is 0 Å². The predicted octanol–water partition coefficient (Wildman–Crippen LogP) is 3.11. The molecule has 0 aliphatic rings. The molecule has 1 aromatic heterocycles. The van der Waals surface area contributed by atoms with E-state index in [1.54, 1.807) is 6.07 Å². The van der Waals surface area contributed by atoms with E-state index >= 15 is 0 Å². The summed E-state index contributed by atoms with van der Waals surface area (Å²) >= 11 is 1.00. The summed E-state index contributed by atoms with van der Waals surface area (Å²) in [7, 11) is 0. The van der Waals surface area contributed by atoms with Crippen molar-refractivity contribution in [1.82, 2.24) is 10.3 Å². The number of thiazole rings is 1. The molecule has 0 aliphatic carbocycles. The van der Waals surface area contributed by atoms with E-state index in [1.165, 1.54) is 17.2 Å². The van der Waals surface area contributed by atoms with Crippen molar-refractivity contribution in [2.75, 3.05) is 13.1 Å². The number of phenolic OH excluding ortho intramolecular Hbond substituents is 1. The van der Waals surface area contributed by atoms with Gasteiger partial charge in [-0.1, -0.05) is 55.0 Å². The number of hydrogen-bond acceptors (Lipinski definition) is 5. The van der Waals surface area contributed by atoms with E-state index in [0.717, 1.165) is 37.1 Å². The van der Waals surface area contributed by atoms with Gasteiger partial charge in [0.25, 0.3) is 0 Å². The number of phenols is 1. The molecule has 0 spiro atoms. The molecule has 0 amide bonds. The summed E-state index contributed by atoms with van der Waals surface area (Å²) in [6.07, 6.45) is 2.41. The lowest BCUT2D eigenvalue weighted by Crippen LogP contribution is -2.23. The van der Waals surface area contributed by atoms with E-state index in [1.807, 2.05) is 0 Å². The fourth-order valence-corrected chi connectivity index (χ4v) is 3.96. The number of aryl methyl sites for hydroxylation is 1. The van der Waals surface area contributed by atoms with Gasteiger partial charge in [0, 0.05) is 12.1 Å². The second-order valence-electron chi connectivity index (χ2n) is 6.43. The Morgan fingerprint density at radius 2 is 1.81 bits per heavy atom. The average Bonchev–Trinajstić information content (AvgIpc) is 3.03. The molecule has 26 heavy (non-hydrogen) atoms. The highest BCUT2D eigenvalue weighted by atomic mass is 32.1. The largest absolute Gasteiger partial charge is 0.506 e. The maximum Gasteiger partial charge on any atom is 0.305 e. The van der Waals surface area contributed by atoms with Crippen LogP contribution in [0.25, 0.3) is 10.2 Å². The van der Waals surface area contributed by atoms with Crippen LogP contribution in [0.4, 0.5) is 0 Å². The van der Waals surface area contributed by atoms with Crippen molar-refractivity contribution >= 4 is 21.6 Å². The van der Waals surface area contributed by atoms with Gasteiger partial charge in [0.2, 0.25) is 0 Å². The fourth-order valence-electron chi connectivity index (χ4n) is 3.04. The summed E-state index contributed by atoms with van der Waals surface area (Å²) in [5.41, 5.74) is 3.67. The normalized spacial score (nSPS) is 12.5. The van der Waals surface area contributed by atoms with Crippen LogP contribution in [0, 0.1) is 0 Å². The maximum atomic E-state index is 11.6. The Kier molecular flexibility index (Phi) is 6.08. The van der Waals surface area contributed by atoms with E-state index in [-0.39, 0.29) is 10.6 Å². The molecule has 0 radical (unpaired) electrons. The lowest BCUT2D eigenvalue weighted by molar-refractivity contribution is 0.177. The minimum atomic E-state index is -0.739. The van der Waals surface area contributed by atoms with Crippen LogP contribution in [0.5, 0.6) is 5.75 Å². The molecule has 0 saturated carbocycles. The highest BCUT2D eigenvalue weighted by Crippen LogP contribution is 2.31. The smallest absolute Gasteiger partial charge is 0.305 e. The molecule has 0 bridgehead atoms. The number of H-pyrrole nitrogens is 1. The quantitative estimate of drug-likeness (QED) is 0.458. The minimum Gasteiger partial charge on any atom is -0.506 e. The minimum absolute atomic E-state index is 0.0220. The summed E-state index contributed by atoms with van der Waals surface area (Å²) in [5, 5.41) is 23.5. The molecule has 0 fully saturated rings. The van der Waals surface area contributed by atoms with Gasteiger partial charge in [-0.15, -0.1) is 0 Å². The first-order chi connectivity index (χ1) is 12.6. The molecular formula is C20H24N2O3S. The van der Waals surface area contributed by atoms with Gasteiger partial charge in [-0.3, -0.25) is 4.79 Å². The summed E-state index contributed by atoms with van der Waals surface area (Å²) in [4.78, 5) is 13.9. The Hall–Kier alpha value is -2.15. The molecule has 0 saturated heterocycles. The van der Waals surface area contributed by atoms with E-state index in [9.17, 15) is 15.0 Å². The number of aromatic nitrogens is 1. The number of fused-ring (bicyclic) bond motifs is 1. The zero-order valence-corrected chi connectivity index (χ0v) is 15.6. The fraction of sp³-hybridized carbons (Fsp3) is 0.350. The highest BCUT2D eigenvalue weighted by Gasteiger charge is 2.15. The number of benzene rings is 2. The van der Waals surface area contributed by atoms with Crippen molar-refractivity contribution in [2.24, 2.45) is 0 Å². The van der Waals surface area contributed by atoms with Gasteiger partial charge >= 0.3 is 4.87 Å². The van der Waals surface area contributed by atoms with Crippen LogP contribution in [0.15, 0.2) is 41.2 Å². The van der Waals surface area contributed by atoms with E-state index in [4.69, 9.17) is 0 Å². The third-order valence-electron chi connectivity index (χ3n) is 4.44.